The first-order valence-corrected chi connectivity index (χ1v) is 5.34. The molecule has 1 atom stereocenters. The number of hydrogen-bond acceptors (Lipinski definition) is 3. The van der Waals surface area contributed by atoms with Gasteiger partial charge in [-0.15, -0.1) is 0 Å². The van der Waals surface area contributed by atoms with Gasteiger partial charge in [0.15, 0.2) is 0 Å². The number of rotatable bonds is 3. The second-order valence-electron chi connectivity index (χ2n) is 4.66. The Kier molecular flexibility index (Phi) is 2.59. The molecule has 0 spiro atoms. The van der Waals surface area contributed by atoms with Crippen molar-refractivity contribution in [2.24, 2.45) is 11.1 Å². The average molecular weight is 220 g/mol. The van der Waals surface area contributed by atoms with Gasteiger partial charge in [0.25, 0.3) is 0 Å². The van der Waals surface area contributed by atoms with Crippen molar-refractivity contribution in [3.05, 3.63) is 29.3 Å². The van der Waals surface area contributed by atoms with Crippen LogP contribution in [0.4, 0.5) is 5.69 Å². The molecule has 86 valence electrons. The largest absolute Gasteiger partial charge is 0.481 e. The SMILES string of the molecule is NCC1(CC(=O)O)Cc2ccc(N)cc2C1. The maximum absolute atomic E-state index is 10.9. The lowest BCUT2D eigenvalue weighted by atomic mass is 9.81. The van der Waals surface area contributed by atoms with Gasteiger partial charge in [-0.3, -0.25) is 4.79 Å². The summed E-state index contributed by atoms with van der Waals surface area (Å²) < 4.78 is 0. The van der Waals surface area contributed by atoms with Gasteiger partial charge in [-0.25, -0.2) is 0 Å². The van der Waals surface area contributed by atoms with Gasteiger partial charge in [0.05, 0.1) is 6.42 Å². The number of anilines is 1. The van der Waals surface area contributed by atoms with Crippen molar-refractivity contribution < 1.29 is 9.90 Å². The number of aliphatic carboxylic acids is 1. The minimum Gasteiger partial charge on any atom is -0.481 e. The van der Waals surface area contributed by atoms with Crippen LogP contribution in [0.2, 0.25) is 0 Å². The van der Waals surface area contributed by atoms with E-state index in [1.807, 2.05) is 18.2 Å². The van der Waals surface area contributed by atoms with Crippen molar-refractivity contribution in [1.82, 2.24) is 0 Å². The molecular weight excluding hydrogens is 204 g/mol. The van der Waals surface area contributed by atoms with Gasteiger partial charge >= 0.3 is 5.97 Å². The van der Waals surface area contributed by atoms with E-state index in [1.165, 1.54) is 5.56 Å². The van der Waals surface area contributed by atoms with Crippen LogP contribution >= 0.6 is 0 Å². The average Bonchev–Trinajstić information content (AvgIpc) is 2.54. The first-order valence-electron chi connectivity index (χ1n) is 5.34. The van der Waals surface area contributed by atoms with Gasteiger partial charge in [0.2, 0.25) is 0 Å². The highest BCUT2D eigenvalue weighted by atomic mass is 16.4. The minimum atomic E-state index is -0.786. The number of carbonyl (C=O) groups is 1. The van der Waals surface area contributed by atoms with Gasteiger partial charge in [0.1, 0.15) is 0 Å². The van der Waals surface area contributed by atoms with Crippen LogP contribution in [-0.4, -0.2) is 17.6 Å². The van der Waals surface area contributed by atoms with Crippen molar-refractivity contribution in [1.29, 1.82) is 0 Å². The molecule has 1 aromatic rings. The van der Waals surface area contributed by atoms with E-state index < -0.39 is 5.97 Å². The van der Waals surface area contributed by atoms with Crippen molar-refractivity contribution in [2.45, 2.75) is 19.3 Å². The van der Waals surface area contributed by atoms with Crippen LogP contribution < -0.4 is 11.5 Å². The fourth-order valence-corrected chi connectivity index (χ4v) is 2.52. The molecule has 4 heteroatoms. The molecule has 0 radical (unpaired) electrons. The van der Waals surface area contributed by atoms with Crippen molar-refractivity contribution in [3.8, 4) is 0 Å². The Balaban J connectivity index is 2.28. The summed E-state index contributed by atoms with van der Waals surface area (Å²) in [6.45, 7) is 0.397. The zero-order valence-electron chi connectivity index (χ0n) is 9.07. The molecule has 1 aromatic carbocycles. The van der Waals surface area contributed by atoms with E-state index in [0.717, 1.165) is 24.1 Å². The van der Waals surface area contributed by atoms with E-state index >= 15 is 0 Å². The molecule has 0 aromatic heterocycles. The molecule has 4 nitrogen and oxygen atoms in total. The smallest absolute Gasteiger partial charge is 0.303 e. The lowest BCUT2D eigenvalue weighted by molar-refractivity contribution is -0.139. The first kappa shape index (κ1) is 11.0. The number of hydrogen-bond donors (Lipinski definition) is 3. The number of carboxylic acids is 1. The number of fused-ring (bicyclic) bond motifs is 1. The fraction of sp³-hybridized carbons (Fsp3) is 0.417. The number of benzene rings is 1. The summed E-state index contributed by atoms with van der Waals surface area (Å²) in [4.78, 5) is 10.9. The monoisotopic (exact) mass is 220 g/mol. The van der Waals surface area contributed by atoms with E-state index in [2.05, 4.69) is 0 Å². The van der Waals surface area contributed by atoms with Crippen molar-refractivity contribution in [2.75, 3.05) is 12.3 Å². The highest BCUT2D eigenvalue weighted by Gasteiger charge is 2.37. The van der Waals surface area contributed by atoms with E-state index in [0.29, 0.717) is 6.54 Å². The normalized spacial score (nSPS) is 23.1. The quantitative estimate of drug-likeness (QED) is 0.657. The summed E-state index contributed by atoms with van der Waals surface area (Å²) in [5, 5.41) is 8.92. The standard InChI is InChI=1S/C12H16N2O2/c13-7-12(6-11(15)16)4-8-1-2-10(14)3-9(8)5-12/h1-3H,4-7,13-14H2,(H,15,16). The van der Waals surface area contributed by atoms with Gasteiger partial charge in [-0.2, -0.15) is 0 Å². The van der Waals surface area contributed by atoms with E-state index in [9.17, 15) is 4.79 Å². The van der Waals surface area contributed by atoms with Crippen LogP contribution in [0.5, 0.6) is 0 Å². The molecule has 0 heterocycles. The molecule has 1 unspecified atom stereocenters. The van der Waals surface area contributed by atoms with Crippen LogP contribution in [0.3, 0.4) is 0 Å². The first-order chi connectivity index (χ1) is 7.54. The molecule has 5 N–H and O–H groups in total. The molecule has 16 heavy (non-hydrogen) atoms. The third kappa shape index (κ3) is 1.88. The number of nitrogen functional groups attached to an aromatic ring is 1. The maximum Gasteiger partial charge on any atom is 0.303 e. The molecule has 0 saturated carbocycles. The summed E-state index contributed by atoms with van der Waals surface area (Å²) in [5.74, 6) is -0.786. The number of carboxylic acid groups (broad SMARTS) is 1. The minimum absolute atomic E-state index is 0.123. The molecular formula is C12H16N2O2. The zero-order chi connectivity index (χ0) is 11.8. The van der Waals surface area contributed by atoms with Gasteiger partial charge in [-0.05, 0) is 42.6 Å². The van der Waals surface area contributed by atoms with Gasteiger partial charge in [-0.1, -0.05) is 6.07 Å². The van der Waals surface area contributed by atoms with Crippen LogP contribution in [0.1, 0.15) is 17.5 Å². The van der Waals surface area contributed by atoms with Crippen molar-refractivity contribution >= 4 is 11.7 Å². The summed E-state index contributed by atoms with van der Waals surface area (Å²) in [6.07, 6.45) is 1.58. The van der Waals surface area contributed by atoms with E-state index in [-0.39, 0.29) is 11.8 Å². The molecule has 1 aliphatic rings. The van der Waals surface area contributed by atoms with Crippen molar-refractivity contribution in [3.63, 3.8) is 0 Å². The second-order valence-corrected chi connectivity index (χ2v) is 4.66. The zero-order valence-corrected chi connectivity index (χ0v) is 9.07. The van der Waals surface area contributed by atoms with Crippen LogP contribution in [0, 0.1) is 5.41 Å². The third-order valence-electron chi connectivity index (χ3n) is 3.32. The predicted molar refractivity (Wildman–Crippen MR) is 62.0 cm³/mol. The lowest BCUT2D eigenvalue weighted by Gasteiger charge is -2.24. The summed E-state index contributed by atoms with van der Waals surface area (Å²) >= 11 is 0. The molecule has 1 aliphatic carbocycles. The summed E-state index contributed by atoms with van der Waals surface area (Å²) in [7, 11) is 0. The summed E-state index contributed by atoms with van der Waals surface area (Å²) in [6, 6.07) is 5.75. The van der Waals surface area contributed by atoms with Crippen LogP contribution in [0.15, 0.2) is 18.2 Å². The topological polar surface area (TPSA) is 89.3 Å². The van der Waals surface area contributed by atoms with Crippen LogP contribution in [0.25, 0.3) is 0 Å². The Bertz CT molecular complexity index is 431. The number of nitrogens with two attached hydrogens (primary N) is 2. The van der Waals surface area contributed by atoms with E-state index in [4.69, 9.17) is 16.6 Å². The lowest BCUT2D eigenvalue weighted by Crippen LogP contribution is -2.33. The molecule has 0 aliphatic heterocycles. The van der Waals surface area contributed by atoms with Gasteiger partial charge < -0.3 is 16.6 Å². The Morgan fingerprint density at radius 2 is 2.06 bits per heavy atom. The highest BCUT2D eigenvalue weighted by molar-refractivity contribution is 5.68. The Morgan fingerprint density at radius 1 is 1.38 bits per heavy atom. The molecule has 0 saturated heterocycles. The Morgan fingerprint density at radius 3 is 2.69 bits per heavy atom. The van der Waals surface area contributed by atoms with Gasteiger partial charge in [0, 0.05) is 11.1 Å². The molecule has 0 bridgehead atoms. The molecule has 0 fully saturated rings. The third-order valence-corrected chi connectivity index (χ3v) is 3.32. The Hall–Kier alpha value is -1.55. The van der Waals surface area contributed by atoms with E-state index in [1.54, 1.807) is 0 Å². The highest BCUT2D eigenvalue weighted by Crippen LogP contribution is 2.39. The molecule has 0 amide bonds. The fourth-order valence-electron chi connectivity index (χ4n) is 2.52. The maximum atomic E-state index is 10.9. The van der Waals surface area contributed by atoms with Crippen LogP contribution in [-0.2, 0) is 17.6 Å². The Labute approximate surface area is 94.3 Å². The summed E-state index contributed by atoms with van der Waals surface area (Å²) in [5.41, 5.74) is 14.2. The predicted octanol–water partition coefficient (Wildman–Crippen LogP) is 0.787. The molecule has 2 rings (SSSR count). The second kappa shape index (κ2) is 3.79.